The number of carbonyl (C=O) groups excluding carboxylic acids is 1. The topological polar surface area (TPSA) is 150 Å². The second-order valence-electron chi connectivity index (χ2n) is 6.47. The summed E-state index contributed by atoms with van der Waals surface area (Å²) in [6.07, 6.45) is 2.34. The van der Waals surface area contributed by atoms with Crippen molar-refractivity contribution in [3.63, 3.8) is 0 Å². The summed E-state index contributed by atoms with van der Waals surface area (Å²) in [6, 6.07) is 11.6. The molecular weight excluding hydrogens is 359 g/mol. The first kappa shape index (κ1) is 21.6. The summed E-state index contributed by atoms with van der Waals surface area (Å²) in [5, 5.41) is 34.7. The van der Waals surface area contributed by atoms with Gasteiger partial charge in [0.05, 0.1) is 18.4 Å². The average molecular weight is 384 g/mol. The van der Waals surface area contributed by atoms with Crippen molar-refractivity contribution < 1.29 is 14.8 Å². The summed E-state index contributed by atoms with van der Waals surface area (Å²) < 4.78 is 1.45. The average Bonchev–Trinajstić information content (AvgIpc) is 3.03. The Kier molecular flexibility index (Phi) is 8.61. The number of nitrogens with one attached hydrogen (secondary N) is 1. The van der Waals surface area contributed by atoms with Crippen LogP contribution in [0.25, 0.3) is 0 Å². The zero-order chi connectivity index (χ0) is 20.4. The Bertz CT molecular complexity index is 790. The van der Waals surface area contributed by atoms with Gasteiger partial charge in [-0.25, -0.2) is 9.67 Å². The van der Waals surface area contributed by atoms with Crippen LogP contribution in [0.4, 0.5) is 0 Å². The van der Waals surface area contributed by atoms with Crippen molar-refractivity contribution in [3.8, 4) is 6.07 Å². The van der Waals surface area contributed by atoms with Crippen LogP contribution in [0.5, 0.6) is 0 Å². The second-order valence-corrected chi connectivity index (χ2v) is 6.47. The Morgan fingerprint density at radius 3 is 2.71 bits per heavy atom. The van der Waals surface area contributed by atoms with E-state index in [-0.39, 0.29) is 13.0 Å². The lowest BCUT2D eigenvalue weighted by Crippen LogP contribution is -2.47. The zero-order valence-electron chi connectivity index (χ0n) is 15.7. The molecule has 5 N–H and O–H groups in total. The van der Waals surface area contributed by atoms with E-state index in [0.717, 1.165) is 12.0 Å². The molecule has 1 aromatic heterocycles. The molecule has 9 nitrogen and oxygen atoms in total. The molecule has 1 atom stereocenters. The van der Waals surface area contributed by atoms with Gasteiger partial charge >= 0.3 is 7.12 Å². The maximum Gasteiger partial charge on any atom is 0.475 e. The Morgan fingerprint density at radius 1 is 1.32 bits per heavy atom. The van der Waals surface area contributed by atoms with Crippen molar-refractivity contribution in [2.24, 2.45) is 5.73 Å². The molecule has 0 aliphatic rings. The molecule has 0 aliphatic carbocycles. The molecule has 0 fully saturated rings. The minimum Gasteiger partial charge on any atom is -0.426 e. The first-order chi connectivity index (χ1) is 13.5. The summed E-state index contributed by atoms with van der Waals surface area (Å²) in [5.41, 5.74) is 6.45. The Labute approximate surface area is 164 Å². The molecule has 0 radical (unpaired) electrons. The van der Waals surface area contributed by atoms with Gasteiger partial charge in [-0.2, -0.15) is 10.4 Å². The fraction of sp³-hybridized carbons (Fsp3) is 0.444. The molecule has 2 aromatic rings. The van der Waals surface area contributed by atoms with Crippen molar-refractivity contribution in [3.05, 3.63) is 47.5 Å². The van der Waals surface area contributed by atoms with Crippen LogP contribution in [0.3, 0.4) is 0 Å². The van der Waals surface area contributed by atoms with Gasteiger partial charge < -0.3 is 21.1 Å². The maximum atomic E-state index is 12.4. The van der Waals surface area contributed by atoms with E-state index in [1.165, 1.54) is 4.68 Å². The summed E-state index contributed by atoms with van der Waals surface area (Å²) >= 11 is 0. The smallest absolute Gasteiger partial charge is 0.426 e. The van der Waals surface area contributed by atoms with Gasteiger partial charge in [-0.15, -0.1) is 0 Å². The number of benzene rings is 1. The van der Waals surface area contributed by atoms with Gasteiger partial charge in [0.1, 0.15) is 12.4 Å². The lowest BCUT2D eigenvalue weighted by molar-refractivity contribution is -0.122. The fourth-order valence-electron chi connectivity index (χ4n) is 2.80. The van der Waals surface area contributed by atoms with Crippen molar-refractivity contribution >= 4 is 13.0 Å². The van der Waals surface area contributed by atoms with Crippen molar-refractivity contribution in [1.29, 1.82) is 5.26 Å². The Morgan fingerprint density at radius 2 is 2.07 bits per heavy atom. The van der Waals surface area contributed by atoms with E-state index in [1.807, 2.05) is 36.4 Å². The molecule has 148 valence electrons. The van der Waals surface area contributed by atoms with Gasteiger partial charge in [0.2, 0.25) is 5.91 Å². The van der Waals surface area contributed by atoms with Crippen LogP contribution in [-0.2, 0) is 24.2 Å². The number of nitrogens with zero attached hydrogens (tertiary/aromatic N) is 4. The number of nitriles is 1. The third kappa shape index (κ3) is 6.77. The van der Waals surface area contributed by atoms with Gasteiger partial charge in [0.15, 0.2) is 5.82 Å². The van der Waals surface area contributed by atoms with Crippen molar-refractivity contribution in [2.45, 2.75) is 44.6 Å². The van der Waals surface area contributed by atoms with Crippen LogP contribution in [0.1, 0.15) is 36.5 Å². The predicted molar refractivity (Wildman–Crippen MR) is 104 cm³/mol. The minimum absolute atomic E-state index is 0.0491. The minimum atomic E-state index is -1.66. The first-order valence-electron chi connectivity index (χ1n) is 9.22. The molecule has 1 unspecified atom stereocenters. The van der Waals surface area contributed by atoms with Gasteiger partial charge in [-0.05, 0) is 24.9 Å². The number of amides is 1. The van der Waals surface area contributed by atoms with Crippen molar-refractivity contribution in [2.75, 3.05) is 6.54 Å². The van der Waals surface area contributed by atoms with Gasteiger partial charge in [0, 0.05) is 6.42 Å². The van der Waals surface area contributed by atoms with Crippen LogP contribution in [-0.4, -0.2) is 50.3 Å². The Balaban J connectivity index is 2.08. The van der Waals surface area contributed by atoms with Gasteiger partial charge in [-0.3, -0.25) is 4.79 Å². The number of rotatable bonds is 11. The molecular formula is C18H25BN6O3. The number of carbonyl (C=O) groups is 1. The molecule has 1 heterocycles. The maximum absolute atomic E-state index is 12.4. The highest BCUT2D eigenvalue weighted by Gasteiger charge is 2.25. The van der Waals surface area contributed by atoms with E-state index >= 15 is 0 Å². The van der Waals surface area contributed by atoms with Crippen molar-refractivity contribution in [1.82, 2.24) is 20.1 Å². The largest absolute Gasteiger partial charge is 0.475 e. The molecule has 1 amide bonds. The lowest BCUT2D eigenvalue weighted by Gasteiger charge is -2.18. The van der Waals surface area contributed by atoms with E-state index in [9.17, 15) is 14.8 Å². The summed E-state index contributed by atoms with van der Waals surface area (Å²) in [6.45, 7) is 0.381. The number of unbranched alkanes of at least 4 members (excludes halogenated alkanes) is 1. The third-order valence-corrected chi connectivity index (χ3v) is 4.20. The second kappa shape index (κ2) is 11.2. The molecule has 0 saturated carbocycles. The SMILES string of the molecule is N#CCc1nc(Cc2ccccc2)n(CC(=O)NC(CCCCN)B(O)O)n1. The van der Waals surface area contributed by atoms with Crippen LogP contribution in [0, 0.1) is 11.3 Å². The van der Waals surface area contributed by atoms with Gasteiger partial charge in [0.25, 0.3) is 0 Å². The number of hydrogen-bond acceptors (Lipinski definition) is 7. The highest BCUT2D eigenvalue weighted by Crippen LogP contribution is 2.09. The quantitative estimate of drug-likeness (QED) is 0.303. The fourth-order valence-corrected chi connectivity index (χ4v) is 2.80. The summed E-state index contributed by atoms with van der Waals surface area (Å²) in [5.74, 6) is -0.272. The summed E-state index contributed by atoms with van der Waals surface area (Å²) in [4.78, 5) is 16.8. The third-order valence-electron chi connectivity index (χ3n) is 4.20. The Hall–Kier alpha value is -2.74. The monoisotopic (exact) mass is 384 g/mol. The first-order valence-corrected chi connectivity index (χ1v) is 9.22. The van der Waals surface area contributed by atoms with Crippen LogP contribution in [0.15, 0.2) is 30.3 Å². The van der Waals surface area contributed by atoms with E-state index < -0.39 is 19.0 Å². The van der Waals surface area contributed by atoms with E-state index in [0.29, 0.717) is 37.5 Å². The summed E-state index contributed by atoms with van der Waals surface area (Å²) in [7, 11) is -1.66. The van der Waals surface area contributed by atoms with E-state index in [1.54, 1.807) is 0 Å². The van der Waals surface area contributed by atoms with Crippen LogP contribution in [0.2, 0.25) is 0 Å². The number of hydrogen-bond donors (Lipinski definition) is 4. The molecule has 10 heteroatoms. The number of aromatic nitrogens is 3. The predicted octanol–water partition coefficient (Wildman–Crippen LogP) is -0.439. The molecule has 0 bridgehead atoms. The van der Waals surface area contributed by atoms with Crippen LogP contribution < -0.4 is 11.1 Å². The standard InChI is InChI=1S/C18H25BN6O3/c20-10-5-4-8-15(19(27)28)22-18(26)13-25-17(23-16(24-25)9-11-21)12-14-6-2-1-3-7-14/h1-3,6-7,15,27-28H,4-5,8-10,12-13,20H2,(H,22,26). The van der Waals surface area contributed by atoms with Gasteiger partial charge in [-0.1, -0.05) is 36.8 Å². The molecule has 0 saturated heterocycles. The normalized spacial score (nSPS) is 11.6. The zero-order valence-corrected chi connectivity index (χ0v) is 15.7. The molecule has 2 rings (SSSR count). The molecule has 0 aliphatic heterocycles. The molecule has 1 aromatic carbocycles. The lowest BCUT2D eigenvalue weighted by atomic mass is 9.76. The highest BCUT2D eigenvalue weighted by molar-refractivity contribution is 6.43. The van der Waals surface area contributed by atoms with Crippen LogP contribution >= 0.6 is 0 Å². The number of nitrogens with two attached hydrogens (primary N) is 1. The van der Waals surface area contributed by atoms with E-state index in [2.05, 4.69) is 15.4 Å². The van der Waals surface area contributed by atoms with E-state index in [4.69, 9.17) is 11.0 Å². The highest BCUT2D eigenvalue weighted by atomic mass is 16.4. The molecule has 0 spiro atoms. The molecule has 28 heavy (non-hydrogen) atoms.